The van der Waals surface area contributed by atoms with Gasteiger partial charge in [-0.2, -0.15) is 9.49 Å². The molecule has 7 heteroatoms. The van der Waals surface area contributed by atoms with Gasteiger partial charge in [-0.1, -0.05) is 0 Å². The Labute approximate surface area is 102 Å². The topological polar surface area (TPSA) is 66.0 Å². The second-order valence-corrected chi connectivity index (χ2v) is 3.76. The number of anilines is 1. The van der Waals surface area contributed by atoms with E-state index in [0.717, 1.165) is 10.9 Å². The zero-order chi connectivity index (χ0) is 13.3. The van der Waals surface area contributed by atoms with Crippen LogP contribution in [0.3, 0.4) is 0 Å². The van der Waals surface area contributed by atoms with Crippen molar-refractivity contribution >= 4 is 5.69 Å². The van der Waals surface area contributed by atoms with Gasteiger partial charge < -0.3 is 10.5 Å². The SMILES string of the molecule is COc1ncc(F)cc1C(C)n1ncc(N)c1F. The van der Waals surface area contributed by atoms with Crippen LogP contribution in [0, 0.1) is 11.8 Å². The van der Waals surface area contributed by atoms with Crippen molar-refractivity contribution in [1.82, 2.24) is 14.8 Å². The molecule has 2 rings (SSSR count). The smallest absolute Gasteiger partial charge is 0.235 e. The summed E-state index contributed by atoms with van der Waals surface area (Å²) < 4.78 is 32.9. The van der Waals surface area contributed by atoms with Crippen LogP contribution in [0.15, 0.2) is 18.5 Å². The molecular weight excluding hydrogens is 242 g/mol. The Morgan fingerprint density at radius 3 is 2.67 bits per heavy atom. The molecule has 2 aromatic heterocycles. The maximum atomic E-state index is 13.7. The number of halogens is 2. The molecule has 0 radical (unpaired) electrons. The van der Waals surface area contributed by atoms with Gasteiger partial charge >= 0.3 is 0 Å². The number of methoxy groups -OCH3 is 1. The Balaban J connectivity index is 2.48. The summed E-state index contributed by atoms with van der Waals surface area (Å²) in [7, 11) is 1.41. The van der Waals surface area contributed by atoms with E-state index in [-0.39, 0.29) is 11.6 Å². The molecule has 1 unspecified atom stereocenters. The lowest BCUT2D eigenvalue weighted by Crippen LogP contribution is -2.13. The number of pyridine rings is 1. The fourth-order valence-electron chi connectivity index (χ4n) is 1.67. The van der Waals surface area contributed by atoms with Crippen molar-refractivity contribution in [2.24, 2.45) is 0 Å². The van der Waals surface area contributed by atoms with Crippen LogP contribution in [-0.4, -0.2) is 21.9 Å². The van der Waals surface area contributed by atoms with E-state index in [4.69, 9.17) is 10.5 Å². The molecule has 0 saturated carbocycles. The molecule has 0 aliphatic carbocycles. The zero-order valence-electron chi connectivity index (χ0n) is 9.89. The number of nitrogens with two attached hydrogens (primary N) is 1. The van der Waals surface area contributed by atoms with Gasteiger partial charge in [0.2, 0.25) is 11.8 Å². The van der Waals surface area contributed by atoms with Gasteiger partial charge in [-0.05, 0) is 13.0 Å². The highest BCUT2D eigenvalue weighted by Crippen LogP contribution is 2.27. The van der Waals surface area contributed by atoms with E-state index in [1.165, 1.54) is 19.4 Å². The van der Waals surface area contributed by atoms with Crippen LogP contribution >= 0.6 is 0 Å². The second-order valence-electron chi connectivity index (χ2n) is 3.76. The first-order valence-electron chi connectivity index (χ1n) is 5.22. The highest BCUT2D eigenvalue weighted by molar-refractivity contribution is 5.35. The fourth-order valence-corrected chi connectivity index (χ4v) is 1.67. The van der Waals surface area contributed by atoms with E-state index in [1.54, 1.807) is 6.92 Å². The molecule has 1 atom stereocenters. The predicted molar refractivity (Wildman–Crippen MR) is 61.2 cm³/mol. The van der Waals surface area contributed by atoms with Gasteiger partial charge in [-0.25, -0.2) is 14.1 Å². The van der Waals surface area contributed by atoms with Crippen LogP contribution < -0.4 is 10.5 Å². The normalized spacial score (nSPS) is 12.4. The number of hydrogen-bond donors (Lipinski definition) is 1. The molecular formula is C11H12F2N4O. The van der Waals surface area contributed by atoms with E-state index in [2.05, 4.69) is 10.1 Å². The summed E-state index contributed by atoms with van der Waals surface area (Å²) in [6.07, 6.45) is 2.23. The first-order valence-corrected chi connectivity index (χ1v) is 5.22. The Kier molecular flexibility index (Phi) is 3.14. The number of nitrogens with zero attached hydrogens (tertiary/aromatic N) is 3. The van der Waals surface area contributed by atoms with Gasteiger partial charge in [0, 0.05) is 5.56 Å². The Bertz CT molecular complexity index is 570. The summed E-state index contributed by atoms with van der Waals surface area (Å²) >= 11 is 0. The molecule has 0 aliphatic heterocycles. The van der Waals surface area contributed by atoms with Crippen LogP contribution in [0.5, 0.6) is 5.88 Å². The summed E-state index contributed by atoms with van der Waals surface area (Å²) in [5.41, 5.74) is 5.70. The monoisotopic (exact) mass is 254 g/mol. The number of hydrogen-bond acceptors (Lipinski definition) is 4. The van der Waals surface area contributed by atoms with Crippen LogP contribution in [-0.2, 0) is 0 Å². The van der Waals surface area contributed by atoms with Gasteiger partial charge in [-0.3, -0.25) is 0 Å². The highest BCUT2D eigenvalue weighted by Gasteiger charge is 2.20. The van der Waals surface area contributed by atoms with Crippen LogP contribution in [0.2, 0.25) is 0 Å². The maximum absolute atomic E-state index is 13.7. The van der Waals surface area contributed by atoms with Crippen molar-refractivity contribution in [3.63, 3.8) is 0 Å². The van der Waals surface area contributed by atoms with Crippen LogP contribution in [0.4, 0.5) is 14.5 Å². The maximum Gasteiger partial charge on any atom is 0.235 e. The van der Waals surface area contributed by atoms with Crippen molar-refractivity contribution < 1.29 is 13.5 Å². The van der Waals surface area contributed by atoms with E-state index in [1.807, 2.05) is 0 Å². The average Bonchev–Trinajstić information content (AvgIpc) is 2.69. The molecule has 0 aromatic carbocycles. The molecule has 0 amide bonds. The molecule has 0 saturated heterocycles. The first kappa shape index (κ1) is 12.3. The number of ether oxygens (including phenoxy) is 1. The summed E-state index contributed by atoms with van der Waals surface area (Å²) in [6.45, 7) is 1.65. The van der Waals surface area contributed by atoms with Crippen LogP contribution in [0.25, 0.3) is 0 Å². The molecule has 0 aliphatic rings. The predicted octanol–water partition coefficient (Wildman–Crippen LogP) is 1.76. The van der Waals surface area contributed by atoms with Gasteiger partial charge in [-0.15, -0.1) is 0 Å². The lowest BCUT2D eigenvalue weighted by molar-refractivity contribution is 0.371. The standard InChI is InChI=1S/C11H12F2N4O/c1-6(17-10(13)9(14)5-16-17)8-3-7(12)4-15-11(8)18-2/h3-6H,14H2,1-2H3. The Morgan fingerprint density at radius 2 is 2.11 bits per heavy atom. The van der Waals surface area contributed by atoms with Crippen molar-refractivity contribution in [2.45, 2.75) is 13.0 Å². The number of aromatic nitrogens is 3. The number of nitrogen functional groups attached to an aromatic ring is 1. The Morgan fingerprint density at radius 1 is 1.39 bits per heavy atom. The quantitative estimate of drug-likeness (QED) is 0.906. The summed E-state index contributed by atoms with van der Waals surface area (Å²) in [5.74, 6) is -0.982. The molecule has 2 aromatic rings. The molecule has 0 spiro atoms. The van der Waals surface area contributed by atoms with E-state index >= 15 is 0 Å². The van der Waals surface area contributed by atoms with Crippen molar-refractivity contribution in [2.75, 3.05) is 12.8 Å². The lowest BCUT2D eigenvalue weighted by atomic mass is 10.1. The first-order chi connectivity index (χ1) is 8.54. The Hall–Kier alpha value is -2.18. The highest BCUT2D eigenvalue weighted by atomic mass is 19.1. The minimum Gasteiger partial charge on any atom is -0.481 e. The summed E-state index contributed by atoms with van der Waals surface area (Å²) in [4.78, 5) is 3.79. The summed E-state index contributed by atoms with van der Waals surface area (Å²) in [6, 6.07) is 0.647. The minimum absolute atomic E-state index is 0.0646. The number of rotatable bonds is 3. The molecule has 5 nitrogen and oxygen atoms in total. The van der Waals surface area contributed by atoms with E-state index in [0.29, 0.717) is 5.56 Å². The fraction of sp³-hybridized carbons (Fsp3) is 0.273. The minimum atomic E-state index is -0.672. The zero-order valence-corrected chi connectivity index (χ0v) is 9.89. The molecule has 96 valence electrons. The molecule has 0 bridgehead atoms. The van der Waals surface area contributed by atoms with E-state index in [9.17, 15) is 8.78 Å². The third-order valence-corrected chi connectivity index (χ3v) is 2.62. The third kappa shape index (κ3) is 1.99. The molecule has 2 N–H and O–H groups in total. The van der Waals surface area contributed by atoms with Crippen LogP contribution in [0.1, 0.15) is 18.5 Å². The lowest BCUT2D eigenvalue weighted by Gasteiger charge is -2.15. The van der Waals surface area contributed by atoms with Crippen molar-refractivity contribution in [1.29, 1.82) is 0 Å². The summed E-state index contributed by atoms with van der Waals surface area (Å²) in [5, 5.41) is 3.81. The van der Waals surface area contributed by atoms with Gasteiger partial charge in [0.1, 0.15) is 11.5 Å². The van der Waals surface area contributed by atoms with Gasteiger partial charge in [0.15, 0.2) is 0 Å². The van der Waals surface area contributed by atoms with Crippen molar-refractivity contribution in [3.05, 3.63) is 35.8 Å². The second kappa shape index (κ2) is 4.59. The molecule has 18 heavy (non-hydrogen) atoms. The third-order valence-electron chi connectivity index (χ3n) is 2.62. The molecule has 2 heterocycles. The average molecular weight is 254 g/mol. The van der Waals surface area contributed by atoms with Gasteiger partial charge in [0.05, 0.1) is 25.5 Å². The largest absolute Gasteiger partial charge is 0.481 e. The van der Waals surface area contributed by atoms with Crippen molar-refractivity contribution in [3.8, 4) is 5.88 Å². The van der Waals surface area contributed by atoms with E-state index < -0.39 is 17.8 Å². The van der Waals surface area contributed by atoms with Gasteiger partial charge in [0.25, 0.3) is 0 Å². The molecule has 0 fully saturated rings.